The maximum Gasteiger partial charge on any atom is 0.268 e. The number of halogens is 1. The van der Waals surface area contributed by atoms with Gasteiger partial charge >= 0.3 is 0 Å². The Bertz CT molecular complexity index is 1070. The largest absolute Gasteiger partial charge is 0.355 e. The Kier molecular flexibility index (Phi) is 6.23. The molecule has 0 radical (unpaired) electrons. The van der Waals surface area contributed by atoms with Crippen LogP contribution < -0.4 is 15.8 Å². The van der Waals surface area contributed by atoms with Crippen molar-refractivity contribution in [3.63, 3.8) is 0 Å². The van der Waals surface area contributed by atoms with Crippen molar-refractivity contribution in [2.24, 2.45) is 0 Å². The highest BCUT2D eigenvalue weighted by Crippen LogP contribution is 2.34. The highest BCUT2D eigenvalue weighted by atomic mass is 35.5. The van der Waals surface area contributed by atoms with Crippen LogP contribution in [-0.4, -0.2) is 36.7 Å². The Balaban J connectivity index is 1.83. The Hall–Kier alpha value is -1.89. The molecule has 2 aromatic heterocycles. The lowest BCUT2D eigenvalue weighted by molar-refractivity contribution is -0.858. The van der Waals surface area contributed by atoms with Crippen LogP contribution in [0.2, 0.25) is 5.02 Å². The summed E-state index contributed by atoms with van der Waals surface area (Å²) in [5.41, 5.74) is 1.99. The zero-order chi connectivity index (χ0) is 20.4. The average molecular weight is 432 g/mol. The first-order chi connectivity index (χ1) is 14.0. The van der Waals surface area contributed by atoms with E-state index >= 15 is 0 Å². The van der Waals surface area contributed by atoms with Crippen LogP contribution in [0, 0.1) is 0 Å². The SMILES string of the molecule is C[NH+](C)CCCNc1nc2sc3c(c2c(=O)n1-c1cccc(Cl)c1)CCCCC3. The number of aryl methyl sites for hydroxylation is 2. The van der Waals surface area contributed by atoms with E-state index in [1.54, 1.807) is 15.9 Å². The third kappa shape index (κ3) is 4.34. The molecule has 29 heavy (non-hydrogen) atoms. The van der Waals surface area contributed by atoms with Crippen molar-refractivity contribution in [2.75, 3.05) is 32.5 Å². The molecule has 0 saturated carbocycles. The van der Waals surface area contributed by atoms with Crippen molar-refractivity contribution in [1.82, 2.24) is 9.55 Å². The van der Waals surface area contributed by atoms with Crippen LogP contribution in [0.5, 0.6) is 0 Å². The number of nitrogens with one attached hydrogen (secondary N) is 2. The van der Waals surface area contributed by atoms with E-state index in [1.807, 2.05) is 24.3 Å². The van der Waals surface area contributed by atoms with Gasteiger partial charge in [0.15, 0.2) is 0 Å². The summed E-state index contributed by atoms with van der Waals surface area (Å²) in [5, 5.41) is 4.83. The number of benzene rings is 1. The summed E-state index contributed by atoms with van der Waals surface area (Å²) in [4.78, 5) is 22.2. The molecule has 0 saturated heterocycles. The normalized spacial score (nSPS) is 14.2. The minimum absolute atomic E-state index is 0.0115. The predicted molar refractivity (Wildman–Crippen MR) is 122 cm³/mol. The molecule has 0 atom stereocenters. The minimum atomic E-state index is 0.0115. The number of hydrogen-bond donors (Lipinski definition) is 2. The molecule has 0 aliphatic heterocycles. The van der Waals surface area contributed by atoms with Crippen LogP contribution in [0.3, 0.4) is 0 Å². The first-order valence-corrected chi connectivity index (χ1v) is 11.6. The summed E-state index contributed by atoms with van der Waals surface area (Å²) in [6, 6.07) is 7.45. The maximum absolute atomic E-state index is 13.7. The van der Waals surface area contributed by atoms with E-state index in [2.05, 4.69) is 19.4 Å². The third-order valence-electron chi connectivity index (χ3n) is 5.44. The summed E-state index contributed by atoms with van der Waals surface area (Å²) < 4.78 is 1.70. The van der Waals surface area contributed by atoms with Crippen molar-refractivity contribution in [1.29, 1.82) is 0 Å². The van der Waals surface area contributed by atoms with Gasteiger partial charge in [0.1, 0.15) is 4.83 Å². The Morgan fingerprint density at radius 2 is 2.07 bits per heavy atom. The van der Waals surface area contributed by atoms with Gasteiger partial charge in [-0.15, -0.1) is 11.3 Å². The molecule has 0 fully saturated rings. The molecular formula is C22H28ClN4OS+. The second-order valence-electron chi connectivity index (χ2n) is 8.04. The predicted octanol–water partition coefficient (Wildman–Crippen LogP) is 3.32. The van der Waals surface area contributed by atoms with Gasteiger partial charge < -0.3 is 10.2 Å². The molecule has 4 rings (SSSR count). The molecule has 0 spiro atoms. The van der Waals surface area contributed by atoms with Crippen LogP contribution >= 0.6 is 22.9 Å². The Morgan fingerprint density at radius 1 is 1.24 bits per heavy atom. The van der Waals surface area contributed by atoms with E-state index in [1.165, 1.54) is 28.2 Å². The number of hydrogen-bond acceptors (Lipinski definition) is 4. The summed E-state index contributed by atoms with van der Waals surface area (Å²) in [6.07, 6.45) is 6.60. The summed E-state index contributed by atoms with van der Waals surface area (Å²) >= 11 is 7.94. The number of thiophene rings is 1. The van der Waals surface area contributed by atoms with Gasteiger partial charge in [0.2, 0.25) is 5.95 Å². The van der Waals surface area contributed by atoms with Crippen LogP contribution in [0.4, 0.5) is 5.95 Å². The van der Waals surface area contributed by atoms with Gasteiger partial charge in [0, 0.05) is 22.9 Å². The fourth-order valence-corrected chi connectivity index (χ4v) is 5.43. The zero-order valence-corrected chi connectivity index (χ0v) is 18.6. The average Bonchev–Trinajstić information content (AvgIpc) is 2.86. The number of fused-ring (bicyclic) bond motifs is 3. The second-order valence-corrected chi connectivity index (χ2v) is 9.56. The highest BCUT2D eigenvalue weighted by Gasteiger charge is 2.22. The number of aromatic nitrogens is 2. The van der Waals surface area contributed by atoms with Gasteiger partial charge in [0.05, 0.1) is 31.7 Å². The van der Waals surface area contributed by atoms with E-state index in [9.17, 15) is 4.79 Å². The quantitative estimate of drug-likeness (QED) is 0.465. The third-order valence-corrected chi connectivity index (χ3v) is 6.86. The fraction of sp³-hybridized carbons (Fsp3) is 0.455. The molecule has 0 bridgehead atoms. The summed E-state index contributed by atoms with van der Waals surface area (Å²) in [5.74, 6) is 0.606. The second kappa shape index (κ2) is 8.86. The van der Waals surface area contributed by atoms with Gasteiger partial charge in [-0.1, -0.05) is 24.1 Å². The highest BCUT2D eigenvalue weighted by molar-refractivity contribution is 7.18. The number of rotatable bonds is 6. The van der Waals surface area contributed by atoms with E-state index in [0.717, 1.165) is 54.7 Å². The molecule has 0 amide bonds. The van der Waals surface area contributed by atoms with Gasteiger partial charge in [-0.2, -0.15) is 0 Å². The van der Waals surface area contributed by atoms with E-state index in [4.69, 9.17) is 16.6 Å². The lowest BCUT2D eigenvalue weighted by Crippen LogP contribution is -3.05. The van der Waals surface area contributed by atoms with E-state index in [0.29, 0.717) is 11.0 Å². The molecule has 1 aliphatic rings. The molecule has 5 nitrogen and oxygen atoms in total. The molecule has 2 N–H and O–H groups in total. The Labute approximate surface area is 180 Å². The monoisotopic (exact) mass is 431 g/mol. The summed E-state index contributed by atoms with van der Waals surface area (Å²) in [6.45, 7) is 1.83. The minimum Gasteiger partial charge on any atom is -0.355 e. The molecule has 0 unspecified atom stereocenters. The first kappa shape index (κ1) is 20.4. The summed E-state index contributed by atoms with van der Waals surface area (Å²) in [7, 11) is 4.29. The van der Waals surface area contributed by atoms with Gasteiger partial charge in [-0.3, -0.25) is 4.79 Å². The lowest BCUT2D eigenvalue weighted by Gasteiger charge is -2.15. The maximum atomic E-state index is 13.7. The van der Waals surface area contributed by atoms with E-state index in [-0.39, 0.29) is 5.56 Å². The van der Waals surface area contributed by atoms with Crippen LogP contribution in [0.25, 0.3) is 15.9 Å². The van der Waals surface area contributed by atoms with Gasteiger partial charge in [-0.25, -0.2) is 9.55 Å². The standard InChI is InChI=1S/C22H27ClN4OS/c1-26(2)13-7-12-24-22-25-20-19(17-10-4-3-5-11-18(17)29-20)21(28)27(22)16-9-6-8-15(23)14-16/h6,8-9,14H,3-5,7,10-13H2,1-2H3,(H,24,25)/p+1. The van der Waals surface area contributed by atoms with E-state index < -0.39 is 0 Å². The van der Waals surface area contributed by atoms with Crippen molar-refractivity contribution < 1.29 is 4.90 Å². The fourth-order valence-electron chi connectivity index (χ4n) is 4.00. The van der Waals surface area contributed by atoms with Crippen molar-refractivity contribution in [2.45, 2.75) is 38.5 Å². The molecule has 1 aromatic carbocycles. The van der Waals surface area contributed by atoms with Crippen molar-refractivity contribution in [3.05, 3.63) is 50.1 Å². The molecule has 1 aliphatic carbocycles. The lowest BCUT2D eigenvalue weighted by atomic mass is 10.1. The number of anilines is 1. The van der Waals surface area contributed by atoms with Crippen LogP contribution in [0.15, 0.2) is 29.1 Å². The topological polar surface area (TPSA) is 51.4 Å². The van der Waals surface area contributed by atoms with Crippen molar-refractivity contribution >= 4 is 39.1 Å². The van der Waals surface area contributed by atoms with Gasteiger partial charge in [0.25, 0.3) is 5.56 Å². The first-order valence-electron chi connectivity index (χ1n) is 10.4. The smallest absolute Gasteiger partial charge is 0.268 e. The molecular weight excluding hydrogens is 404 g/mol. The number of nitrogens with zero attached hydrogens (tertiary/aromatic N) is 2. The van der Waals surface area contributed by atoms with Crippen LogP contribution in [0.1, 0.15) is 36.1 Å². The van der Waals surface area contributed by atoms with Crippen LogP contribution in [-0.2, 0) is 12.8 Å². The molecule has 2 heterocycles. The van der Waals surface area contributed by atoms with Crippen molar-refractivity contribution in [3.8, 4) is 5.69 Å². The Morgan fingerprint density at radius 3 is 2.86 bits per heavy atom. The molecule has 154 valence electrons. The molecule has 3 aromatic rings. The van der Waals surface area contributed by atoms with Gasteiger partial charge in [-0.05, 0) is 49.4 Å². The number of quaternary nitrogens is 1. The zero-order valence-electron chi connectivity index (χ0n) is 17.1. The molecule has 7 heteroatoms.